The molecule has 3 heteroatoms. The van der Waals surface area contributed by atoms with Gasteiger partial charge in [0.15, 0.2) is 0 Å². The molecule has 0 spiro atoms. The van der Waals surface area contributed by atoms with Crippen LogP contribution in [0.1, 0.15) is 18.4 Å². The van der Waals surface area contributed by atoms with Gasteiger partial charge in [0.2, 0.25) is 0 Å². The predicted octanol–water partition coefficient (Wildman–Crippen LogP) is 3.58. The van der Waals surface area contributed by atoms with E-state index in [4.69, 9.17) is 11.6 Å². The van der Waals surface area contributed by atoms with E-state index in [9.17, 15) is 5.11 Å². The van der Waals surface area contributed by atoms with Crippen LogP contribution in [0.2, 0.25) is 5.02 Å². The average Bonchev–Trinajstić information content (AvgIpc) is 2.49. The minimum absolute atomic E-state index is 0.720. The van der Waals surface area contributed by atoms with Crippen molar-refractivity contribution in [3.63, 3.8) is 0 Å². The molecule has 2 aromatic carbocycles. The van der Waals surface area contributed by atoms with Crippen LogP contribution >= 0.6 is 11.6 Å². The normalized spacial score (nSPS) is 17.9. The van der Waals surface area contributed by atoms with Crippen LogP contribution in [0.3, 0.4) is 0 Å². The quantitative estimate of drug-likeness (QED) is 0.885. The Morgan fingerprint density at radius 2 is 1.50 bits per heavy atom. The summed E-state index contributed by atoms with van der Waals surface area (Å²) >= 11 is 6.32. The smallest absolute Gasteiger partial charge is 0.0926 e. The van der Waals surface area contributed by atoms with E-state index in [1.54, 1.807) is 0 Å². The minimum atomic E-state index is -0.763. The van der Waals surface area contributed by atoms with Crippen molar-refractivity contribution in [2.75, 3.05) is 13.1 Å². The minimum Gasteiger partial charge on any atom is -0.385 e. The second-order valence-corrected chi connectivity index (χ2v) is 5.71. The topological polar surface area (TPSA) is 32.3 Å². The van der Waals surface area contributed by atoms with Crippen molar-refractivity contribution in [1.82, 2.24) is 5.32 Å². The lowest BCUT2D eigenvalue weighted by Crippen LogP contribution is -2.40. The Morgan fingerprint density at radius 3 is 2.20 bits per heavy atom. The molecule has 2 nitrogen and oxygen atoms in total. The highest BCUT2D eigenvalue weighted by Gasteiger charge is 2.33. The first-order valence-corrected chi connectivity index (χ1v) is 7.36. The number of aliphatic hydroxyl groups is 1. The van der Waals surface area contributed by atoms with Crippen LogP contribution in [-0.2, 0) is 5.60 Å². The van der Waals surface area contributed by atoms with Gasteiger partial charge in [-0.15, -0.1) is 0 Å². The fourth-order valence-electron chi connectivity index (χ4n) is 2.91. The molecule has 0 aromatic heterocycles. The summed E-state index contributed by atoms with van der Waals surface area (Å²) in [5.41, 5.74) is 2.23. The highest BCUT2D eigenvalue weighted by molar-refractivity contribution is 6.33. The lowest BCUT2D eigenvalue weighted by molar-refractivity contribution is 0.00648. The number of benzene rings is 2. The number of rotatable bonds is 2. The van der Waals surface area contributed by atoms with Crippen molar-refractivity contribution < 1.29 is 5.11 Å². The molecule has 20 heavy (non-hydrogen) atoms. The Hall–Kier alpha value is -1.35. The van der Waals surface area contributed by atoms with E-state index in [2.05, 4.69) is 5.32 Å². The summed E-state index contributed by atoms with van der Waals surface area (Å²) in [5.74, 6) is 0. The van der Waals surface area contributed by atoms with Gasteiger partial charge in [-0.2, -0.15) is 0 Å². The highest BCUT2D eigenvalue weighted by Crippen LogP contribution is 2.39. The molecule has 1 aliphatic rings. The van der Waals surface area contributed by atoms with Crippen LogP contribution < -0.4 is 5.32 Å². The SMILES string of the molecule is OC1(c2ccccc2-c2ccccc2Cl)CCNCC1. The maximum atomic E-state index is 11.0. The van der Waals surface area contributed by atoms with Gasteiger partial charge in [-0.3, -0.25) is 0 Å². The largest absolute Gasteiger partial charge is 0.385 e. The third-order valence-corrected chi connectivity index (χ3v) is 4.35. The lowest BCUT2D eigenvalue weighted by Gasteiger charge is -2.34. The van der Waals surface area contributed by atoms with E-state index >= 15 is 0 Å². The number of hydrogen-bond acceptors (Lipinski definition) is 2. The van der Waals surface area contributed by atoms with Crippen LogP contribution in [0, 0.1) is 0 Å². The Labute approximate surface area is 124 Å². The van der Waals surface area contributed by atoms with E-state index in [0.717, 1.165) is 47.6 Å². The third kappa shape index (κ3) is 2.47. The van der Waals surface area contributed by atoms with Gasteiger partial charge in [0.25, 0.3) is 0 Å². The van der Waals surface area contributed by atoms with Crippen LogP contribution in [0.5, 0.6) is 0 Å². The fraction of sp³-hybridized carbons (Fsp3) is 0.294. The van der Waals surface area contributed by atoms with Gasteiger partial charge in [0.1, 0.15) is 0 Å². The molecule has 0 aliphatic carbocycles. The Balaban J connectivity index is 2.11. The lowest BCUT2D eigenvalue weighted by atomic mass is 9.81. The van der Waals surface area contributed by atoms with Crippen LogP contribution in [0.25, 0.3) is 11.1 Å². The highest BCUT2D eigenvalue weighted by atomic mass is 35.5. The molecule has 2 N–H and O–H groups in total. The van der Waals surface area contributed by atoms with Crippen molar-refractivity contribution in [1.29, 1.82) is 0 Å². The Kier molecular flexibility index (Phi) is 3.79. The number of hydrogen-bond donors (Lipinski definition) is 2. The van der Waals surface area contributed by atoms with Crippen LogP contribution in [0.4, 0.5) is 0 Å². The Bertz CT molecular complexity index is 605. The van der Waals surface area contributed by atoms with Gasteiger partial charge < -0.3 is 10.4 Å². The van der Waals surface area contributed by atoms with E-state index in [0.29, 0.717) is 0 Å². The summed E-state index contributed by atoms with van der Waals surface area (Å²) in [6, 6.07) is 15.8. The number of halogens is 1. The summed E-state index contributed by atoms with van der Waals surface area (Å²) in [6.07, 6.45) is 1.46. The first-order chi connectivity index (χ1) is 9.71. The molecule has 0 radical (unpaired) electrons. The molecule has 0 unspecified atom stereocenters. The summed E-state index contributed by atoms with van der Waals surface area (Å²) in [6.45, 7) is 1.68. The molecule has 1 heterocycles. The molecule has 0 atom stereocenters. The third-order valence-electron chi connectivity index (χ3n) is 4.02. The molecule has 1 aliphatic heterocycles. The van der Waals surface area contributed by atoms with E-state index in [-0.39, 0.29) is 0 Å². The molecule has 3 rings (SSSR count). The molecule has 1 fully saturated rings. The van der Waals surface area contributed by atoms with E-state index < -0.39 is 5.60 Å². The van der Waals surface area contributed by atoms with Crippen LogP contribution in [-0.4, -0.2) is 18.2 Å². The van der Waals surface area contributed by atoms with Crippen molar-refractivity contribution in [3.8, 4) is 11.1 Å². The molecular weight excluding hydrogens is 270 g/mol. The zero-order valence-electron chi connectivity index (χ0n) is 11.3. The molecule has 0 saturated carbocycles. The number of piperidine rings is 1. The maximum absolute atomic E-state index is 11.0. The second kappa shape index (κ2) is 5.57. The summed E-state index contributed by atoms with van der Waals surface area (Å²) in [5, 5.41) is 15.0. The van der Waals surface area contributed by atoms with Gasteiger partial charge in [-0.05, 0) is 43.1 Å². The molecule has 0 bridgehead atoms. The maximum Gasteiger partial charge on any atom is 0.0926 e. The first-order valence-electron chi connectivity index (χ1n) is 6.98. The number of nitrogens with one attached hydrogen (secondary N) is 1. The Morgan fingerprint density at radius 1 is 0.900 bits per heavy atom. The van der Waals surface area contributed by atoms with Gasteiger partial charge >= 0.3 is 0 Å². The van der Waals surface area contributed by atoms with Crippen molar-refractivity contribution in [2.24, 2.45) is 0 Å². The van der Waals surface area contributed by atoms with Gasteiger partial charge in [0, 0.05) is 10.6 Å². The zero-order valence-corrected chi connectivity index (χ0v) is 12.0. The van der Waals surface area contributed by atoms with Crippen molar-refractivity contribution >= 4 is 11.6 Å². The molecular formula is C17H18ClNO. The summed E-state index contributed by atoms with van der Waals surface area (Å²) in [4.78, 5) is 0. The van der Waals surface area contributed by atoms with Crippen molar-refractivity contribution in [2.45, 2.75) is 18.4 Å². The summed E-state index contributed by atoms with van der Waals surface area (Å²) < 4.78 is 0. The summed E-state index contributed by atoms with van der Waals surface area (Å²) in [7, 11) is 0. The zero-order chi connectivity index (χ0) is 14.0. The van der Waals surface area contributed by atoms with Crippen LogP contribution in [0.15, 0.2) is 48.5 Å². The van der Waals surface area contributed by atoms with E-state index in [1.165, 1.54) is 0 Å². The monoisotopic (exact) mass is 287 g/mol. The van der Waals surface area contributed by atoms with Gasteiger partial charge in [-0.25, -0.2) is 0 Å². The van der Waals surface area contributed by atoms with Gasteiger partial charge in [0.05, 0.1) is 5.60 Å². The molecule has 2 aromatic rings. The fourth-order valence-corrected chi connectivity index (χ4v) is 3.15. The molecule has 0 amide bonds. The van der Waals surface area contributed by atoms with Crippen molar-refractivity contribution in [3.05, 3.63) is 59.1 Å². The average molecular weight is 288 g/mol. The second-order valence-electron chi connectivity index (χ2n) is 5.31. The van der Waals surface area contributed by atoms with E-state index in [1.807, 2.05) is 48.5 Å². The van der Waals surface area contributed by atoms with Gasteiger partial charge in [-0.1, -0.05) is 54.1 Å². The first kappa shape index (κ1) is 13.6. The standard InChI is InChI=1S/C17H18ClNO/c18-16-8-4-2-6-14(16)13-5-1-3-7-15(13)17(20)9-11-19-12-10-17/h1-8,19-20H,9-12H2. The molecule has 104 valence electrons. The molecule has 1 saturated heterocycles. The predicted molar refractivity (Wildman–Crippen MR) is 82.9 cm³/mol.